The van der Waals surface area contributed by atoms with E-state index in [1.807, 2.05) is 11.8 Å². The summed E-state index contributed by atoms with van der Waals surface area (Å²) in [5.74, 6) is -0.693. The van der Waals surface area contributed by atoms with Gasteiger partial charge < -0.3 is 24.9 Å². The van der Waals surface area contributed by atoms with Gasteiger partial charge in [-0.15, -0.1) is 0 Å². The third-order valence-corrected chi connectivity index (χ3v) is 7.32. The molecule has 0 saturated carbocycles. The summed E-state index contributed by atoms with van der Waals surface area (Å²) in [7, 11) is 0. The summed E-state index contributed by atoms with van der Waals surface area (Å²) in [6, 6.07) is 4.36. The van der Waals surface area contributed by atoms with Crippen molar-refractivity contribution in [1.82, 2.24) is 14.7 Å². The number of aliphatic hydroxyl groups is 2. The summed E-state index contributed by atoms with van der Waals surface area (Å²) in [5, 5.41) is 19.8. The zero-order valence-electron chi connectivity index (χ0n) is 19.8. The molecule has 0 aliphatic carbocycles. The van der Waals surface area contributed by atoms with Crippen LogP contribution >= 0.6 is 11.6 Å². The maximum atomic E-state index is 13.6. The van der Waals surface area contributed by atoms with E-state index in [0.29, 0.717) is 38.3 Å². The second-order valence-electron chi connectivity index (χ2n) is 9.55. The molecule has 188 valence electrons. The maximum Gasteiger partial charge on any atom is 0.246 e. The Balaban J connectivity index is 1.41. The van der Waals surface area contributed by atoms with E-state index in [0.717, 1.165) is 32.4 Å². The first-order chi connectivity index (χ1) is 16.2. The molecule has 2 N–H and O–H groups in total. The van der Waals surface area contributed by atoms with E-state index in [9.17, 15) is 24.2 Å². The second kappa shape index (κ2) is 12.1. The van der Waals surface area contributed by atoms with Crippen molar-refractivity contribution in [1.29, 1.82) is 0 Å². The molecular formula is C25H35ClFN3O4. The van der Waals surface area contributed by atoms with Gasteiger partial charge in [-0.1, -0.05) is 24.6 Å². The predicted molar refractivity (Wildman–Crippen MR) is 130 cm³/mol. The van der Waals surface area contributed by atoms with Crippen LogP contribution in [0.15, 0.2) is 24.3 Å². The first kappa shape index (κ1) is 26.6. The Morgan fingerprint density at radius 2 is 2.00 bits per heavy atom. The Morgan fingerprint density at radius 1 is 1.24 bits per heavy atom. The van der Waals surface area contributed by atoms with Crippen LogP contribution in [0.5, 0.6) is 0 Å². The maximum absolute atomic E-state index is 13.6. The Hall–Kier alpha value is -2.00. The number of carbonyl (C=O) groups is 2. The van der Waals surface area contributed by atoms with Crippen molar-refractivity contribution in [3.63, 3.8) is 0 Å². The molecular weight excluding hydrogens is 461 g/mol. The van der Waals surface area contributed by atoms with Crippen LogP contribution in [-0.2, 0) is 9.59 Å². The molecule has 0 spiro atoms. The second-order valence-corrected chi connectivity index (χ2v) is 9.96. The highest BCUT2D eigenvalue weighted by molar-refractivity contribution is 6.30. The zero-order valence-corrected chi connectivity index (χ0v) is 20.5. The van der Waals surface area contributed by atoms with Gasteiger partial charge in [-0.05, 0) is 56.1 Å². The Morgan fingerprint density at radius 3 is 2.71 bits per heavy atom. The average molecular weight is 496 g/mol. The van der Waals surface area contributed by atoms with Crippen LogP contribution in [0.25, 0.3) is 6.08 Å². The van der Waals surface area contributed by atoms with E-state index >= 15 is 0 Å². The van der Waals surface area contributed by atoms with Gasteiger partial charge in [0.05, 0.1) is 17.7 Å². The van der Waals surface area contributed by atoms with Crippen LogP contribution in [0.1, 0.15) is 38.2 Å². The Bertz CT molecular complexity index is 899. The van der Waals surface area contributed by atoms with E-state index in [2.05, 4.69) is 4.90 Å². The summed E-state index contributed by atoms with van der Waals surface area (Å²) in [4.78, 5) is 30.8. The zero-order chi connectivity index (χ0) is 24.7. The molecule has 2 fully saturated rings. The van der Waals surface area contributed by atoms with Gasteiger partial charge in [-0.3, -0.25) is 9.59 Å². The van der Waals surface area contributed by atoms with Crippen LogP contribution in [-0.4, -0.2) is 95.3 Å². The molecule has 1 aromatic rings. The molecule has 2 aliphatic rings. The minimum atomic E-state index is -0.535. The van der Waals surface area contributed by atoms with Gasteiger partial charge in [-0.2, -0.15) is 0 Å². The van der Waals surface area contributed by atoms with Crippen LogP contribution in [0.4, 0.5) is 4.39 Å². The number of carbonyl (C=O) groups excluding carboxylic acids is 2. The SMILES string of the molecule is C[C@@]1(CO)CCN(CCCCN2CCN(C(=O)C=Cc3ccc(Cl)c(F)c3)CCC2=O)C[C@@H]1O. The fourth-order valence-electron chi connectivity index (χ4n) is 4.37. The number of halogens is 2. The molecule has 0 bridgehead atoms. The highest BCUT2D eigenvalue weighted by atomic mass is 35.5. The fraction of sp³-hybridized carbons (Fsp3) is 0.600. The molecule has 0 radical (unpaired) electrons. The van der Waals surface area contributed by atoms with E-state index in [1.165, 1.54) is 18.2 Å². The average Bonchev–Trinajstić information content (AvgIpc) is 3.01. The first-order valence-electron chi connectivity index (χ1n) is 11.9. The highest BCUT2D eigenvalue weighted by Crippen LogP contribution is 2.30. The van der Waals surface area contributed by atoms with E-state index in [-0.39, 0.29) is 29.9 Å². The normalized spacial score (nSPS) is 24.6. The van der Waals surface area contributed by atoms with Gasteiger partial charge in [-0.25, -0.2) is 4.39 Å². The topological polar surface area (TPSA) is 84.3 Å². The molecule has 2 aliphatic heterocycles. The molecule has 2 atom stereocenters. The number of β-amino-alcohol motifs (C(OH)–C–C–N with tert-alkyl or cyclic N) is 1. The van der Waals surface area contributed by atoms with Crippen molar-refractivity contribution in [3.8, 4) is 0 Å². The lowest BCUT2D eigenvalue weighted by molar-refractivity contribution is -0.130. The van der Waals surface area contributed by atoms with Crippen LogP contribution in [0.2, 0.25) is 5.02 Å². The number of hydrogen-bond acceptors (Lipinski definition) is 5. The van der Waals surface area contributed by atoms with Crippen molar-refractivity contribution in [3.05, 3.63) is 40.7 Å². The number of benzene rings is 1. The molecule has 0 aromatic heterocycles. The minimum absolute atomic E-state index is 0.00589. The summed E-state index contributed by atoms with van der Waals surface area (Å²) in [6.45, 7) is 6.13. The van der Waals surface area contributed by atoms with E-state index in [4.69, 9.17) is 11.6 Å². The number of likely N-dealkylation sites (tertiary alicyclic amines) is 1. The molecule has 2 amide bonds. The monoisotopic (exact) mass is 495 g/mol. The third kappa shape index (κ3) is 7.01. The van der Waals surface area contributed by atoms with Gasteiger partial charge in [0.15, 0.2) is 0 Å². The van der Waals surface area contributed by atoms with Crippen molar-refractivity contribution < 1.29 is 24.2 Å². The summed E-state index contributed by atoms with van der Waals surface area (Å²) < 4.78 is 13.6. The number of aliphatic hydroxyl groups excluding tert-OH is 2. The lowest BCUT2D eigenvalue weighted by Gasteiger charge is -2.42. The van der Waals surface area contributed by atoms with Gasteiger partial charge >= 0.3 is 0 Å². The Labute approximate surface area is 205 Å². The van der Waals surface area contributed by atoms with Gasteiger partial charge in [0, 0.05) is 50.6 Å². The highest BCUT2D eigenvalue weighted by Gasteiger charge is 2.37. The number of nitrogens with zero attached hydrogens (tertiary/aromatic N) is 3. The number of piperidine rings is 1. The van der Waals surface area contributed by atoms with Gasteiger partial charge in [0.25, 0.3) is 0 Å². The van der Waals surface area contributed by atoms with Crippen LogP contribution < -0.4 is 0 Å². The predicted octanol–water partition coefficient (Wildman–Crippen LogP) is 2.40. The molecule has 2 saturated heterocycles. The van der Waals surface area contributed by atoms with Crippen molar-refractivity contribution >= 4 is 29.5 Å². The number of hydrogen-bond donors (Lipinski definition) is 2. The molecule has 9 heteroatoms. The van der Waals surface area contributed by atoms with Crippen LogP contribution in [0, 0.1) is 11.2 Å². The molecule has 7 nitrogen and oxygen atoms in total. The fourth-order valence-corrected chi connectivity index (χ4v) is 4.49. The smallest absolute Gasteiger partial charge is 0.246 e. The van der Waals surface area contributed by atoms with E-state index < -0.39 is 17.3 Å². The van der Waals surface area contributed by atoms with Gasteiger partial charge in [0.2, 0.25) is 11.8 Å². The van der Waals surface area contributed by atoms with Crippen molar-refractivity contribution in [2.75, 3.05) is 52.4 Å². The summed E-state index contributed by atoms with van der Waals surface area (Å²) >= 11 is 5.69. The van der Waals surface area contributed by atoms with Crippen molar-refractivity contribution in [2.45, 2.75) is 38.7 Å². The summed E-state index contributed by atoms with van der Waals surface area (Å²) in [5.41, 5.74) is 0.128. The largest absolute Gasteiger partial charge is 0.396 e. The lowest BCUT2D eigenvalue weighted by Crippen LogP contribution is -2.51. The molecule has 34 heavy (non-hydrogen) atoms. The Kier molecular flexibility index (Phi) is 9.47. The molecule has 0 unspecified atom stereocenters. The lowest BCUT2D eigenvalue weighted by atomic mass is 9.79. The number of rotatable bonds is 8. The standard InChI is InChI=1S/C25H35ClFN3O4/c1-25(18-31)9-13-28(17-22(25)32)10-2-3-11-29-14-15-30(12-8-24(29)34)23(33)7-5-19-4-6-20(26)21(27)16-19/h4-7,16,22,31-32H,2-3,8-15,17-18H2,1H3/t22-,25-/m0/s1. The van der Waals surface area contributed by atoms with Crippen LogP contribution in [0.3, 0.4) is 0 Å². The van der Waals surface area contributed by atoms with Crippen molar-refractivity contribution in [2.24, 2.45) is 5.41 Å². The van der Waals surface area contributed by atoms with E-state index in [1.54, 1.807) is 17.0 Å². The molecule has 2 heterocycles. The molecule has 3 rings (SSSR count). The third-order valence-electron chi connectivity index (χ3n) is 7.01. The first-order valence-corrected chi connectivity index (χ1v) is 12.3. The summed E-state index contributed by atoms with van der Waals surface area (Å²) in [6.07, 6.45) is 5.23. The molecule has 1 aromatic carbocycles. The quantitative estimate of drug-likeness (QED) is 0.427. The van der Waals surface area contributed by atoms with Gasteiger partial charge in [0.1, 0.15) is 5.82 Å². The minimum Gasteiger partial charge on any atom is -0.396 e. The number of unbranched alkanes of at least 4 members (excludes halogenated alkanes) is 1. The number of amides is 2.